The van der Waals surface area contributed by atoms with Gasteiger partial charge in [-0.25, -0.2) is 0 Å². The Hall–Kier alpha value is -0.770. The number of rotatable bonds is 5. The summed E-state index contributed by atoms with van der Waals surface area (Å²) in [5.41, 5.74) is 0. The van der Waals surface area contributed by atoms with Crippen LogP contribution in [0.4, 0.5) is 0 Å². The van der Waals surface area contributed by atoms with Crippen LogP contribution in [0.15, 0.2) is 4.99 Å². The van der Waals surface area contributed by atoms with Crippen molar-refractivity contribution >= 4 is 5.96 Å². The number of likely N-dealkylation sites (N-methyl/N-ethyl adjacent to an activating group) is 1. The minimum Gasteiger partial charge on any atom is -0.355 e. The maximum Gasteiger partial charge on any atom is 0.191 e. The van der Waals surface area contributed by atoms with Crippen LogP contribution in [0.1, 0.15) is 33.6 Å². The van der Waals surface area contributed by atoms with E-state index in [1.807, 2.05) is 7.05 Å². The fourth-order valence-electron chi connectivity index (χ4n) is 1.70. The normalized spacial score (nSPS) is 19.1. The Morgan fingerprint density at radius 3 is 2.44 bits per heavy atom. The minimum absolute atomic E-state index is 0.419. The van der Waals surface area contributed by atoms with E-state index < -0.39 is 0 Å². The van der Waals surface area contributed by atoms with Crippen LogP contribution in [-0.2, 0) is 0 Å². The Bertz CT molecular complexity index is 233. The zero-order valence-corrected chi connectivity index (χ0v) is 11.2. The molecular formula is C12H26N4. The molecule has 0 radical (unpaired) electrons. The smallest absolute Gasteiger partial charge is 0.191 e. The molecule has 4 nitrogen and oxygen atoms in total. The highest BCUT2D eigenvalue weighted by Gasteiger charge is 2.28. The second kappa shape index (κ2) is 6.09. The van der Waals surface area contributed by atoms with Crippen molar-refractivity contribution in [2.24, 2.45) is 4.99 Å². The Labute approximate surface area is 99.5 Å². The van der Waals surface area contributed by atoms with Crippen molar-refractivity contribution in [3.05, 3.63) is 0 Å². The first kappa shape index (κ1) is 13.3. The standard InChI is InChI=1S/C12H26N4/c1-9(2)15-12(13-4)14-8-10(3)16(5)11-6-7-11/h9-11H,6-8H2,1-5H3,(H2,13,14,15). The third-order valence-corrected chi connectivity index (χ3v) is 3.03. The Kier molecular flexibility index (Phi) is 5.06. The van der Waals surface area contributed by atoms with E-state index in [0.717, 1.165) is 18.5 Å². The lowest BCUT2D eigenvalue weighted by molar-refractivity contribution is 0.247. The van der Waals surface area contributed by atoms with Gasteiger partial charge in [0.15, 0.2) is 5.96 Å². The highest BCUT2D eigenvalue weighted by Crippen LogP contribution is 2.26. The van der Waals surface area contributed by atoms with E-state index in [-0.39, 0.29) is 0 Å². The molecule has 1 aliphatic carbocycles. The average molecular weight is 226 g/mol. The van der Waals surface area contributed by atoms with Gasteiger partial charge in [-0.2, -0.15) is 0 Å². The third kappa shape index (κ3) is 4.39. The lowest BCUT2D eigenvalue weighted by atomic mass is 10.3. The van der Waals surface area contributed by atoms with Crippen molar-refractivity contribution in [2.75, 3.05) is 20.6 Å². The van der Waals surface area contributed by atoms with Gasteiger partial charge in [-0.3, -0.25) is 9.89 Å². The van der Waals surface area contributed by atoms with Gasteiger partial charge in [0.1, 0.15) is 0 Å². The van der Waals surface area contributed by atoms with Crippen molar-refractivity contribution in [1.29, 1.82) is 0 Å². The largest absolute Gasteiger partial charge is 0.355 e. The molecule has 0 aliphatic heterocycles. The van der Waals surface area contributed by atoms with Gasteiger partial charge in [-0.05, 0) is 40.7 Å². The van der Waals surface area contributed by atoms with Gasteiger partial charge in [0.2, 0.25) is 0 Å². The van der Waals surface area contributed by atoms with Gasteiger partial charge in [0.25, 0.3) is 0 Å². The van der Waals surface area contributed by atoms with Gasteiger partial charge in [-0.1, -0.05) is 0 Å². The van der Waals surface area contributed by atoms with E-state index in [9.17, 15) is 0 Å². The van der Waals surface area contributed by atoms with Crippen LogP contribution in [0.5, 0.6) is 0 Å². The molecule has 0 aromatic heterocycles. The highest BCUT2D eigenvalue weighted by molar-refractivity contribution is 5.79. The second-order valence-corrected chi connectivity index (χ2v) is 5.00. The molecule has 94 valence electrons. The SMILES string of the molecule is CN=C(NCC(C)N(C)C1CC1)NC(C)C. The Balaban J connectivity index is 2.25. The number of guanidine groups is 1. The Morgan fingerprint density at radius 2 is 2.00 bits per heavy atom. The minimum atomic E-state index is 0.419. The van der Waals surface area contributed by atoms with Crippen LogP contribution in [0, 0.1) is 0 Å². The van der Waals surface area contributed by atoms with Gasteiger partial charge < -0.3 is 10.6 Å². The molecular weight excluding hydrogens is 200 g/mol. The van der Waals surface area contributed by atoms with Gasteiger partial charge in [0, 0.05) is 31.7 Å². The molecule has 0 saturated heterocycles. The molecule has 0 heterocycles. The molecule has 1 aliphatic rings. The molecule has 1 unspecified atom stereocenters. The first-order chi connectivity index (χ1) is 7.54. The fourth-order valence-corrected chi connectivity index (χ4v) is 1.70. The quantitative estimate of drug-likeness (QED) is 0.543. The van der Waals surface area contributed by atoms with E-state index >= 15 is 0 Å². The number of nitrogens with zero attached hydrogens (tertiary/aromatic N) is 2. The van der Waals surface area contributed by atoms with E-state index in [4.69, 9.17) is 0 Å². The van der Waals surface area contributed by atoms with Crippen LogP contribution in [0.2, 0.25) is 0 Å². The monoisotopic (exact) mass is 226 g/mol. The number of nitrogens with one attached hydrogen (secondary N) is 2. The predicted molar refractivity (Wildman–Crippen MR) is 69.9 cm³/mol. The first-order valence-corrected chi connectivity index (χ1v) is 6.23. The number of aliphatic imine (C=N–C) groups is 1. The Morgan fingerprint density at radius 1 is 1.38 bits per heavy atom. The van der Waals surface area contributed by atoms with Crippen molar-refractivity contribution in [3.8, 4) is 0 Å². The first-order valence-electron chi connectivity index (χ1n) is 6.23. The summed E-state index contributed by atoms with van der Waals surface area (Å²) in [6.07, 6.45) is 2.72. The molecule has 0 spiro atoms. The van der Waals surface area contributed by atoms with Crippen molar-refractivity contribution < 1.29 is 0 Å². The summed E-state index contributed by atoms with van der Waals surface area (Å²) in [5, 5.41) is 6.65. The molecule has 1 atom stereocenters. The molecule has 0 aromatic carbocycles. The second-order valence-electron chi connectivity index (χ2n) is 5.00. The zero-order valence-electron chi connectivity index (χ0n) is 11.2. The maximum absolute atomic E-state index is 4.20. The summed E-state index contributed by atoms with van der Waals surface area (Å²) in [6.45, 7) is 7.44. The zero-order chi connectivity index (χ0) is 12.1. The van der Waals surface area contributed by atoms with Crippen LogP contribution >= 0.6 is 0 Å². The predicted octanol–water partition coefficient (Wildman–Crippen LogP) is 1.04. The fraction of sp³-hybridized carbons (Fsp3) is 0.917. The molecule has 0 bridgehead atoms. The molecule has 1 rings (SSSR count). The maximum atomic E-state index is 4.20. The molecule has 16 heavy (non-hydrogen) atoms. The molecule has 1 saturated carbocycles. The van der Waals surface area contributed by atoms with Gasteiger partial charge in [0.05, 0.1) is 0 Å². The molecule has 0 aromatic rings. The summed E-state index contributed by atoms with van der Waals surface area (Å²) in [4.78, 5) is 6.65. The molecule has 4 heteroatoms. The number of hydrogen-bond donors (Lipinski definition) is 2. The lowest BCUT2D eigenvalue weighted by Crippen LogP contribution is -2.47. The molecule has 1 fully saturated rings. The topological polar surface area (TPSA) is 39.7 Å². The van der Waals surface area contributed by atoms with Crippen molar-refractivity contribution in [3.63, 3.8) is 0 Å². The van der Waals surface area contributed by atoms with E-state index in [0.29, 0.717) is 12.1 Å². The van der Waals surface area contributed by atoms with Gasteiger partial charge in [-0.15, -0.1) is 0 Å². The van der Waals surface area contributed by atoms with E-state index in [1.165, 1.54) is 12.8 Å². The summed E-state index contributed by atoms with van der Waals surface area (Å²) < 4.78 is 0. The van der Waals surface area contributed by atoms with Crippen LogP contribution in [0.25, 0.3) is 0 Å². The van der Waals surface area contributed by atoms with Gasteiger partial charge >= 0.3 is 0 Å². The summed E-state index contributed by atoms with van der Waals surface area (Å²) in [6, 6.07) is 1.79. The van der Waals surface area contributed by atoms with Crippen LogP contribution < -0.4 is 10.6 Å². The molecule has 2 N–H and O–H groups in total. The summed E-state index contributed by atoms with van der Waals surface area (Å²) in [7, 11) is 4.02. The summed E-state index contributed by atoms with van der Waals surface area (Å²) in [5.74, 6) is 0.894. The third-order valence-electron chi connectivity index (χ3n) is 3.03. The van der Waals surface area contributed by atoms with E-state index in [2.05, 4.69) is 48.3 Å². The van der Waals surface area contributed by atoms with Crippen molar-refractivity contribution in [2.45, 2.75) is 51.7 Å². The van der Waals surface area contributed by atoms with Crippen molar-refractivity contribution in [1.82, 2.24) is 15.5 Å². The highest BCUT2D eigenvalue weighted by atomic mass is 15.2. The van der Waals surface area contributed by atoms with Crippen LogP contribution in [-0.4, -0.2) is 49.6 Å². The molecule has 0 amide bonds. The summed E-state index contributed by atoms with van der Waals surface area (Å²) >= 11 is 0. The van der Waals surface area contributed by atoms with Crippen LogP contribution in [0.3, 0.4) is 0 Å². The van der Waals surface area contributed by atoms with E-state index in [1.54, 1.807) is 0 Å². The number of hydrogen-bond acceptors (Lipinski definition) is 2. The lowest BCUT2D eigenvalue weighted by Gasteiger charge is -2.25. The average Bonchev–Trinajstić information content (AvgIpc) is 3.05.